The second-order valence-electron chi connectivity index (χ2n) is 5.36. The Morgan fingerprint density at radius 2 is 2.20 bits per heavy atom. The number of benzene rings is 1. The number of nitrogens with zero attached hydrogens (tertiary/aromatic N) is 1. The van der Waals surface area contributed by atoms with E-state index in [-0.39, 0.29) is 11.9 Å². The summed E-state index contributed by atoms with van der Waals surface area (Å²) in [5, 5.41) is 6.40. The van der Waals surface area contributed by atoms with Crippen LogP contribution in [0, 0.1) is 0 Å². The molecule has 110 valence electrons. The number of piperazine rings is 1. The molecule has 2 atom stereocenters. The molecule has 1 aromatic rings. The van der Waals surface area contributed by atoms with Crippen molar-refractivity contribution in [2.24, 2.45) is 0 Å². The topological polar surface area (TPSA) is 44.4 Å². The van der Waals surface area contributed by atoms with Gasteiger partial charge in [0.15, 0.2) is 0 Å². The third-order valence-electron chi connectivity index (χ3n) is 3.73. The van der Waals surface area contributed by atoms with Crippen LogP contribution in [0.15, 0.2) is 28.7 Å². The monoisotopic (exact) mass is 339 g/mol. The maximum atomic E-state index is 12.1. The largest absolute Gasteiger partial charge is 0.348 e. The van der Waals surface area contributed by atoms with Crippen LogP contribution < -0.4 is 10.6 Å². The fourth-order valence-electron chi connectivity index (χ4n) is 2.42. The number of halogens is 1. The highest BCUT2D eigenvalue weighted by atomic mass is 79.9. The fourth-order valence-corrected chi connectivity index (χ4v) is 2.69. The van der Waals surface area contributed by atoms with E-state index in [2.05, 4.69) is 38.4 Å². The third-order valence-corrected chi connectivity index (χ3v) is 4.26. The van der Waals surface area contributed by atoms with E-state index in [1.54, 1.807) is 0 Å². The molecule has 1 saturated heterocycles. The van der Waals surface area contributed by atoms with Gasteiger partial charge in [-0.15, -0.1) is 0 Å². The van der Waals surface area contributed by atoms with Gasteiger partial charge in [-0.05, 0) is 31.5 Å². The lowest BCUT2D eigenvalue weighted by atomic mass is 10.1. The van der Waals surface area contributed by atoms with Gasteiger partial charge in [0.05, 0.1) is 12.6 Å². The molecule has 4 nitrogen and oxygen atoms in total. The molecule has 5 heteroatoms. The normalized spacial score (nSPS) is 21.4. The molecule has 0 saturated carbocycles. The molecule has 0 radical (unpaired) electrons. The van der Waals surface area contributed by atoms with Crippen LogP contribution >= 0.6 is 15.9 Å². The van der Waals surface area contributed by atoms with Crippen LogP contribution in [0.3, 0.4) is 0 Å². The van der Waals surface area contributed by atoms with Crippen molar-refractivity contribution in [1.82, 2.24) is 15.5 Å². The lowest BCUT2D eigenvalue weighted by Crippen LogP contribution is -2.52. The molecule has 1 fully saturated rings. The molecule has 0 bridgehead atoms. The predicted molar refractivity (Wildman–Crippen MR) is 84.6 cm³/mol. The Kier molecular flexibility index (Phi) is 5.57. The second kappa shape index (κ2) is 7.20. The zero-order valence-electron chi connectivity index (χ0n) is 12.0. The van der Waals surface area contributed by atoms with E-state index in [0.717, 1.165) is 29.7 Å². The van der Waals surface area contributed by atoms with Crippen molar-refractivity contribution >= 4 is 21.8 Å². The van der Waals surface area contributed by atoms with Gasteiger partial charge in [-0.1, -0.05) is 28.1 Å². The van der Waals surface area contributed by atoms with E-state index in [1.165, 1.54) is 0 Å². The minimum absolute atomic E-state index is 0.0359. The Bertz CT molecular complexity index is 449. The highest BCUT2D eigenvalue weighted by molar-refractivity contribution is 9.10. The van der Waals surface area contributed by atoms with E-state index in [9.17, 15) is 4.79 Å². The van der Waals surface area contributed by atoms with Crippen molar-refractivity contribution in [3.05, 3.63) is 34.3 Å². The van der Waals surface area contributed by atoms with Crippen LogP contribution in [-0.4, -0.2) is 43.0 Å². The van der Waals surface area contributed by atoms with Crippen molar-refractivity contribution in [2.75, 3.05) is 26.2 Å². The first-order valence-corrected chi connectivity index (χ1v) is 7.85. The van der Waals surface area contributed by atoms with Crippen molar-refractivity contribution in [1.29, 1.82) is 0 Å². The number of carbonyl (C=O) groups excluding carboxylic acids is 1. The van der Waals surface area contributed by atoms with E-state index < -0.39 is 0 Å². The van der Waals surface area contributed by atoms with E-state index >= 15 is 0 Å². The van der Waals surface area contributed by atoms with Gasteiger partial charge in [0.2, 0.25) is 5.91 Å². The van der Waals surface area contributed by atoms with Crippen LogP contribution in [0.1, 0.15) is 25.5 Å². The first-order chi connectivity index (χ1) is 9.56. The number of carbonyl (C=O) groups is 1. The molecule has 0 aliphatic carbocycles. The Hall–Kier alpha value is -0.910. The molecule has 1 heterocycles. The first kappa shape index (κ1) is 15.5. The van der Waals surface area contributed by atoms with Crippen LogP contribution in [0.25, 0.3) is 0 Å². The Labute approximate surface area is 129 Å². The summed E-state index contributed by atoms with van der Waals surface area (Å²) in [5.74, 6) is 0.0918. The molecule has 2 rings (SSSR count). The molecule has 1 aliphatic heterocycles. The summed E-state index contributed by atoms with van der Waals surface area (Å²) < 4.78 is 1.05. The van der Waals surface area contributed by atoms with Gasteiger partial charge in [0.1, 0.15) is 0 Å². The SMILES string of the molecule is CC(NC(=O)CN1CCNC[C@@H]1C)c1ccc(Br)cc1. The van der Waals surface area contributed by atoms with E-state index in [0.29, 0.717) is 12.6 Å². The summed E-state index contributed by atoms with van der Waals surface area (Å²) in [4.78, 5) is 14.3. The predicted octanol–water partition coefficient (Wildman–Crippen LogP) is 1.92. The minimum atomic E-state index is 0.0359. The lowest BCUT2D eigenvalue weighted by Gasteiger charge is -2.33. The number of rotatable bonds is 4. The number of hydrogen-bond donors (Lipinski definition) is 2. The quantitative estimate of drug-likeness (QED) is 0.880. The summed E-state index contributed by atoms with van der Waals surface area (Å²) in [6.45, 7) is 7.49. The number of amides is 1. The second-order valence-corrected chi connectivity index (χ2v) is 6.28. The average Bonchev–Trinajstić information content (AvgIpc) is 2.42. The maximum absolute atomic E-state index is 12.1. The minimum Gasteiger partial charge on any atom is -0.348 e. The van der Waals surface area contributed by atoms with E-state index in [4.69, 9.17) is 0 Å². The highest BCUT2D eigenvalue weighted by Gasteiger charge is 2.20. The van der Waals surface area contributed by atoms with Crippen molar-refractivity contribution < 1.29 is 4.79 Å². The maximum Gasteiger partial charge on any atom is 0.234 e. The number of hydrogen-bond acceptors (Lipinski definition) is 3. The molecule has 1 unspecified atom stereocenters. The van der Waals surface area contributed by atoms with Crippen molar-refractivity contribution in [3.63, 3.8) is 0 Å². The van der Waals surface area contributed by atoms with Crippen LogP contribution in [0.5, 0.6) is 0 Å². The third kappa shape index (κ3) is 4.30. The van der Waals surface area contributed by atoms with Gasteiger partial charge >= 0.3 is 0 Å². The molecule has 0 spiro atoms. The average molecular weight is 340 g/mol. The summed E-state index contributed by atoms with van der Waals surface area (Å²) in [5.41, 5.74) is 1.12. The highest BCUT2D eigenvalue weighted by Crippen LogP contribution is 2.16. The molecule has 0 aromatic heterocycles. The summed E-state index contributed by atoms with van der Waals surface area (Å²) in [6, 6.07) is 8.50. The van der Waals surface area contributed by atoms with Crippen LogP contribution in [0.4, 0.5) is 0 Å². The molecule has 1 aromatic carbocycles. The van der Waals surface area contributed by atoms with Gasteiger partial charge in [-0.3, -0.25) is 9.69 Å². The summed E-state index contributed by atoms with van der Waals surface area (Å²) in [7, 11) is 0. The molecule has 1 aliphatic rings. The zero-order valence-corrected chi connectivity index (χ0v) is 13.6. The van der Waals surface area contributed by atoms with E-state index in [1.807, 2.05) is 31.2 Å². The molecule has 20 heavy (non-hydrogen) atoms. The van der Waals surface area contributed by atoms with Crippen molar-refractivity contribution in [3.8, 4) is 0 Å². The van der Waals surface area contributed by atoms with Crippen LogP contribution in [0.2, 0.25) is 0 Å². The Balaban J connectivity index is 1.85. The van der Waals surface area contributed by atoms with Gasteiger partial charge < -0.3 is 10.6 Å². The molecule has 1 amide bonds. The molecule has 2 N–H and O–H groups in total. The van der Waals surface area contributed by atoms with Gasteiger partial charge in [-0.2, -0.15) is 0 Å². The lowest BCUT2D eigenvalue weighted by molar-refractivity contribution is -0.123. The van der Waals surface area contributed by atoms with Gasteiger partial charge in [0.25, 0.3) is 0 Å². The summed E-state index contributed by atoms with van der Waals surface area (Å²) >= 11 is 3.42. The van der Waals surface area contributed by atoms with Crippen molar-refractivity contribution in [2.45, 2.75) is 25.9 Å². The smallest absolute Gasteiger partial charge is 0.234 e. The van der Waals surface area contributed by atoms with Gasteiger partial charge in [0, 0.05) is 30.1 Å². The standard InChI is InChI=1S/C15H22BrN3O/c1-11-9-17-7-8-19(11)10-15(20)18-12(2)13-3-5-14(16)6-4-13/h3-6,11-12,17H,7-10H2,1-2H3,(H,18,20)/t11-,12?/m0/s1. The Morgan fingerprint density at radius 3 is 2.85 bits per heavy atom. The molecular weight excluding hydrogens is 318 g/mol. The summed E-state index contributed by atoms with van der Waals surface area (Å²) in [6.07, 6.45) is 0. The zero-order chi connectivity index (χ0) is 14.5. The molecular formula is C15H22BrN3O. The fraction of sp³-hybridized carbons (Fsp3) is 0.533. The van der Waals surface area contributed by atoms with Gasteiger partial charge in [-0.25, -0.2) is 0 Å². The first-order valence-electron chi connectivity index (χ1n) is 7.06. The van der Waals surface area contributed by atoms with Crippen LogP contribution in [-0.2, 0) is 4.79 Å². The number of nitrogens with one attached hydrogen (secondary N) is 2. The Morgan fingerprint density at radius 1 is 1.50 bits per heavy atom.